The van der Waals surface area contributed by atoms with Crippen LogP contribution in [0.1, 0.15) is 65.2 Å². The maximum atomic E-state index is 13.0. The highest BCUT2D eigenvalue weighted by atomic mass is 16.6. The largest absolute Gasteiger partial charge is 0.461 e. The summed E-state index contributed by atoms with van der Waals surface area (Å²) in [5.74, 6) is -0.273. The van der Waals surface area contributed by atoms with Gasteiger partial charge in [-0.25, -0.2) is 4.79 Å². The molecule has 0 aromatic rings. The summed E-state index contributed by atoms with van der Waals surface area (Å²) in [6.45, 7) is 12.0. The fraction of sp³-hybridized carbons (Fsp3) is 0.739. The van der Waals surface area contributed by atoms with Crippen molar-refractivity contribution in [3.8, 4) is 0 Å². The second-order valence-corrected chi connectivity index (χ2v) is 9.99. The fourth-order valence-electron chi connectivity index (χ4n) is 7.31. The molecular formula is C23H32O5. The van der Waals surface area contributed by atoms with E-state index in [2.05, 4.69) is 20.1 Å². The lowest BCUT2D eigenvalue weighted by atomic mass is 9.42. The molecule has 4 rings (SSSR count). The van der Waals surface area contributed by atoms with Gasteiger partial charge in [-0.3, -0.25) is 4.79 Å². The third-order valence-electron chi connectivity index (χ3n) is 8.60. The zero-order chi connectivity index (χ0) is 20.4. The van der Waals surface area contributed by atoms with Crippen molar-refractivity contribution in [1.82, 2.24) is 0 Å². The van der Waals surface area contributed by atoms with Crippen LogP contribution in [0.4, 0.5) is 0 Å². The normalized spacial score (nSPS) is 47.4. The highest BCUT2D eigenvalue weighted by Crippen LogP contribution is 2.68. The van der Waals surface area contributed by atoms with Gasteiger partial charge in [0.25, 0.3) is 0 Å². The van der Waals surface area contributed by atoms with Crippen LogP contribution in [-0.2, 0) is 19.1 Å². The molecule has 0 amide bonds. The first-order valence-electron chi connectivity index (χ1n) is 10.5. The van der Waals surface area contributed by atoms with Crippen molar-refractivity contribution in [2.75, 3.05) is 6.61 Å². The van der Waals surface area contributed by atoms with Gasteiger partial charge in [-0.15, -0.1) is 0 Å². The van der Waals surface area contributed by atoms with E-state index in [0.29, 0.717) is 19.3 Å². The number of carbonyl (C=O) groups is 2. The molecule has 3 saturated carbocycles. The molecule has 2 bridgehead atoms. The minimum Gasteiger partial charge on any atom is -0.461 e. The molecule has 5 nitrogen and oxygen atoms in total. The molecule has 1 saturated heterocycles. The summed E-state index contributed by atoms with van der Waals surface area (Å²) < 4.78 is 11.5. The van der Waals surface area contributed by atoms with E-state index in [4.69, 9.17) is 9.47 Å². The molecule has 1 N–H and O–H groups in total. The summed E-state index contributed by atoms with van der Waals surface area (Å²) in [5, 5.41) is 11.1. The van der Waals surface area contributed by atoms with Gasteiger partial charge >= 0.3 is 11.9 Å². The second-order valence-electron chi connectivity index (χ2n) is 9.99. The van der Waals surface area contributed by atoms with E-state index in [1.54, 1.807) is 6.08 Å². The summed E-state index contributed by atoms with van der Waals surface area (Å²) in [7, 11) is 0. The van der Waals surface area contributed by atoms with Gasteiger partial charge in [0.2, 0.25) is 0 Å². The molecule has 3 aliphatic carbocycles. The van der Waals surface area contributed by atoms with Gasteiger partial charge in [0, 0.05) is 12.3 Å². The Morgan fingerprint density at radius 1 is 1.25 bits per heavy atom. The molecule has 1 aliphatic heterocycles. The minimum absolute atomic E-state index is 0.126. The summed E-state index contributed by atoms with van der Waals surface area (Å²) in [6, 6.07) is 0. The van der Waals surface area contributed by atoms with Crippen LogP contribution in [0.5, 0.6) is 0 Å². The van der Waals surface area contributed by atoms with Crippen LogP contribution in [0.15, 0.2) is 24.8 Å². The smallest absolute Gasteiger partial charge is 0.336 e. The zero-order valence-corrected chi connectivity index (χ0v) is 17.1. The summed E-state index contributed by atoms with van der Waals surface area (Å²) >= 11 is 0. The summed E-state index contributed by atoms with van der Waals surface area (Å²) in [5.41, 5.74) is -2.24. The Hall–Kier alpha value is -1.62. The van der Waals surface area contributed by atoms with Crippen LogP contribution in [0, 0.1) is 22.7 Å². The number of fused-ring (bicyclic) bond motifs is 3. The Morgan fingerprint density at radius 3 is 2.68 bits per heavy atom. The molecule has 5 heteroatoms. The number of esters is 2. The lowest BCUT2D eigenvalue weighted by molar-refractivity contribution is -0.248. The second kappa shape index (κ2) is 6.19. The number of hydrogen-bond donors (Lipinski definition) is 1. The Morgan fingerprint density at radius 2 is 1.96 bits per heavy atom. The molecule has 0 aromatic heterocycles. The number of rotatable bonds is 3. The summed E-state index contributed by atoms with van der Waals surface area (Å²) in [4.78, 5) is 25.5. The first-order valence-corrected chi connectivity index (χ1v) is 10.5. The van der Waals surface area contributed by atoms with Crippen molar-refractivity contribution < 1.29 is 24.2 Å². The van der Waals surface area contributed by atoms with Gasteiger partial charge in [-0.1, -0.05) is 32.6 Å². The van der Waals surface area contributed by atoms with Gasteiger partial charge in [-0.2, -0.15) is 0 Å². The average Bonchev–Trinajstić information content (AvgIpc) is 2.63. The van der Waals surface area contributed by atoms with Crippen LogP contribution in [0.3, 0.4) is 0 Å². The van der Waals surface area contributed by atoms with E-state index in [1.807, 2.05) is 6.92 Å². The molecule has 6 atom stereocenters. The third-order valence-corrected chi connectivity index (χ3v) is 8.60. The minimum atomic E-state index is -1.14. The Balaban J connectivity index is 1.69. The van der Waals surface area contributed by atoms with Gasteiger partial charge < -0.3 is 14.6 Å². The van der Waals surface area contributed by atoms with Gasteiger partial charge in [0.15, 0.2) is 0 Å². The van der Waals surface area contributed by atoms with E-state index >= 15 is 0 Å². The Kier molecular flexibility index (Phi) is 4.35. The number of hydrogen-bond acceptors (Lipinski definition) is 5. The first-order chi connectivity index (χ1) is 13.1. The van der Waals surface area contributed by atoms with Crippen molar-refractivity contribution in [3.05, 3.63) is 24.8 Å². The van der Waals surface area contributed by atoms with Crippen molar-refractivity contribution in [2.45, 2.75) is 76.4 Å². The maximum Gasteiger partial charge on any atom is 0.336 e. The SMILES string of the molecule is C=CCOC(=O)[C@]1(C)CCC[C@@]2(C)[C@@H]3CC[C@@]4(O)C[C@@]3(CC[C@@H]21)OC(=O)C4=C. The molecule has 1 spiro atoms. The highest BCUT2D eigenvalue weighted by Gasteiger charge is 2.68. The third kappa shape index (κ3) is 2.47. The van der Waals surface area contributed by atoms with Gasteiger partial charge in [0.1, 0.15) is 12.2 Å². The van der Waals surface area contributed by atoms with Crippen LogP contribution in [-0.4, -0.2) is 34.9 Å². The highest BCUT2D eigenvalue weighted by molar-refractivity contribution is 5.91. The van der Waals surface area contributed by atoms with E-state index in [1.165, 1.54) is 0 Å². The van der Waals surface area contributed by atoms with E-state index in [-0.39, 0.29) is 35.4 Å². The van der Waals surface area contributed by atoms with Gasteiger partial charge in [-0.05, 0) is 56.8 Å². The molecule has 4 fully saturated rings. The number of aliphatic hydroxyl groups is 1. The maximum absolute atomic E-state index is 13.0. The first kappa shape index (κ1) is 19.7. The Bertz CT molecular complexity index is 743. The van der Waals surface area contributed by atoms with Crippen LogP contribution < -0.4 is 0 Å². The monoisotopic (exact) mass is 388 g/mol. The standard InChI is InChI=1S/C23H32O5/c1-5-13-27-19(25)21(4)10-6-9-20(3)16(21)8-12-23-14-22(26,11-7-17(20)23)15(2)18(24)28-23/h5,16-17,26H,1-2,6-14H2,3-4H3/t16-,17-,20+,21+,22+,23+/m0/s1. The topological polar surface area (TPSA) is 72.8 Å². The predicted molar refractivity (Wildman–Crippen MR) is 104 cm³/mol. The molecule has 0 radical (unpaired) electrons. The van der Waals surface area contributed by atoms with Gasteiger partial charge in [0.05, 0.1) is 16.6 Å². The van der Waals surface area contributed by atoms with Crippen molar-refractivity contribution in [3.63, 3.8) is 0 Å². The zero-order valence-electron chi connectivity index (χ0n) is 17.1. The van der Waals surface area contributed by atoms with Crippen molar-refractivity contribution >= 4 is 11.9 Å². The van der Waals surface area contributed by atoms with Crippen LogP contribution in [0.25, 0.3) is 0 Å². The lowest BCUT2D eigenvalue weighted by Gasteiger charge is -2.66. The predicted octanol–water partition coefficient (Wildman–Crippen LogP) is 3.71. The van der Waals surface area contributed by atoms with E-state index in [0.717, 1.165) is 32.1 Å². The molecule has 0 unspecified atom stereocenters. The number of carbonyl (C=O) groups excluding carboxylic acids is 2. The quantitative estimate of drug-likeness (QED) is 0.453. The van der Waals surface area contributed by atoms with Crippen LogP contribution in [0.2, 0.25) is 0 Å². The molecular weight excluding hydrogens is 356 g/mol. The molecule has 154 valence electrons. The van der Waals surface area contributed by atoms with E-state index in [9.17, 15) is 14.7 Å². The van der Waals surface area contributed by atoms with Crippen molar-refractivity contribution in [1.29, 1.82) is 0 Å². The van der Waals surface area contributed by atoms with E-state index < -0.39 is 22.6 Å². The fourth-order valence-corrected chi connectivity index (χ4v) is 7.31. The molecule has 28 heavy (non-hydrogen) atoms. The summed E-state index contributed by atoms with van der Waals surface area (Å²) in [6.07, 6.45) is 7.62. The molecule has 0 aromatic carbocycles. The Labute approximate surface area is 167 Å². The average molecular weight is 389 g/mol. The van der Waals surface area contributed by atoms with Crippen LogP contribution >= 0.6 is 0 Å². The number of ether oxygens (including phenoxy) is 2. The lowest BCUT2D eigenvalue weighted by Crippen LogP contribution is -2.68. The molecule has 1 heterocycles. The molecule has 4 aliphatic rings. The van der Waals surface area contributed by atoms with Crippen molar-refractivity contribution in [2.24, 2.45) is 22.7 Å².